The standard InChI is InChI=1S/C17H15ClN2O4S2/c18-13-5-3-12(4-6-13)17-20-14(9-24-17)10-26(22,23)11-16(21)19-8-15-2-1-7-25-15/h1-7,9H,8,10-11H2,(H,19,21). The number of halogens is 1. The van der Waals surface area contributed by atoms with E-state index in [4.69, 9.17) is 16.0 Å². The molecular weight excluding hydrogens is 396 g/mol. The van der Waals surface area contributed by atoms with Gasteiger partial charge in [-0.25, -0.2) is 13.4 Å². The molecule has 0 unspecified atom stereocenters. The van der Waals surface area contributed by atoms with Crippen molar-refractivity contribution in [3.05, 3.63) is 63.6 Å². The van der Waals surface area contributed by atoms with E-state index in [2.05, 4.69) is 10.3 Å². The molecule has 0 saturated carbocycles. The van der Waals surface area contributed by atoms with Gasteiger partial charge in [0.15, 0.2) is 9.84 Å². The summed E-state index contributed by atoms with van der Waals surface area (Å²) >= 11 is 7.32. The van der Waals surface area contributed by atoms with Crippen LogP contribution in [0.2, 0.25) is 5.02 Å². The van der Waals surface area contributed by atoms with Crippen molar-refractivity contribution in [2.24, 2.45) is 0 Å². The maximum Gasteiger partial charge on any atom is 0.235 e. The Morgan fingerprint density at radius 1 is 1.23 bits per heavy atom. The summed E-state index contributed by atoms with van der Waals surface area (Å²) in [5.41, 5.74) is 0.938. The van der Waals surface area contributed by atoms with Crippen LogP contribution >= 0.6 is 22.9 Å². The summed E-state index contributed by atoms with van der Waals surface area (Å²) in [7, 11) is -3.65. The Morgan fingerprint density at radius 2 is 2.00 bits per heavy atom. The van der Waals surface area contributed by atoms with Crippen LogP contribution in [0.25, 0.3) is 11.5 Å². The Morgan fingerprint density at radius 3 is 2.69 bits per heavy atom. The zero-order valence-corrected chi connectivity index (χ0v) is 15.9. The predicted octanol–water partition coefficient (Wildman–Crippen LogP) is 3.29. The normalized spacial score (nSPS) is 11.4. The van der Waals surface area contributed by atoms with Gasteiger partial charge in [-0.15, -0.1) is 11.3 Å². The number of carbonyl (C=O) groups excluding carboxylic acids is 1. The van der Waals surface area contributed by atoms with E-state index >= 15 is 0 Å². The minimum absolute atomic E-state index is 0.251. The van der Waals surface area contributed by atoms with Crippen molar-refractivity contribution in [1.29, 1.82) is 0 Å². The molecule has 136 valence electrons. The van der Waals surface area contributed by atoms with Crippen LogP contribution < -0.4 is 5.32 Å². The number of carbonyl (C=O) groups is 1. The monoisotopic (exact) mass is 410 g/mol. The fraction of sp³-hybridized carbons (Fsp3) is 0.176. The van der Waals surface area contributed by atoms with E-state index in [-0.39, 0.29) is 11.4 Å². The third-order valence-corrected chi connectivity index (χ3v) is 5.97. The van der Waals surface area contributed by atoms with Crippen LogP contribution in [0.5, 0.6) is 0 Å². The Bertz CT molecular complexity index is 980. The van der Waals surface area contributed by atoms with Gasteiger partial charge in [0.25, 0.3) is 0 Å². The molecule has 0 saturated heterocycles. The number of sulfone groups is 1. The van der Waals surface area contributed by atoms with Crippen molar-refractivity contribution in [2.45, 2.75) is 12.3 Å². The van der Waals surface area contributed by atoms with Gasteiger partial charge in [-0.1, -0.05) is 17.7 Å². The molecule has 0 radical (unpaired) electrons. The zero-order chi connectivity index (χ0) is 18.6. The van der Waals surface area contributed by atoms with Crippen LogP contribution in [0.3, 0.4) is 0 Å². The molecule has 2 heterocycles. The molecule has 0 aliphatic heterocycles. The van der Waals surface area contributed by atoms with Gasteiger partial charge in [-0.05, 0) is 35.7 Å². The lowest BCUT2D eigenvalue weighted by molar-refractivity contribution is -0.118. The third-order valence-electron chi connectivity index (χ3n) is 3.40. The molecule has 0 fully saturated rings. The van der Waals surface area contributed by atoms with Crippen LogP contribution in [-0.2, 0) is 26.9 Å². The Balaban J connectivity index is 1.58. The predicted molar refractivity (Wildman–Crippen MR) is 101 cm³/mol. The van der Waals surface area contributed by atoms with Gasteiger partial charge < -0.3 is 9.73 Å². The van der Waals surface area contributed by atoms with Crippen LogP contribution in [0.1, 0.15) is 10.6 Å². The summed E-state index contributed by atoms with van der Waals surface area (Å²) in [4.78, 5) is 17.0. The number of benzene rings is 1. The third kappa shape index (κ3) is 5.17. The number of oxazole rings is 1. The molecule has 0 aliphatic carbocycles. The molecule has 26 heavy (non-hydrogen) atoms. The van der Waals surface area contributed by atoms with E-state index in [1.807, 2.05) is 17.5 Å². The second-order valence-electron chi connectivity index (χ2n) is 5.54. The lowest BCUT2D eigenvalue weighted by Gasteiger charge is -2.04. The van der Waals surface area contributed by atoms with Crippen molar-refractivity contribution < 1.29 is 17.6 Å². The van der Waals surface area contributed by atoms with Gasteiger partial charge in [0.1, 0.15) is 12.0 Å². The number of hydrogen-bond acceptors (Lipinski definition) is 6. The van der Waals surface area contributed by atoms with Crippen LogP contribution in [-0.4, -0.2) is 25.1 Å². The average Bonchev–Trinajstić information content (AvgIpc) is 3.24. The second kappa shape index (κ2) is 8.03. The van der Waals surface area contributed by atoms with E-state index in [9.17, 15) is 13.2 Å². The minimum Gasteiger partial charge on any atom is -0.444 e. The van der Waals surface area contributed by atoms with Crippen molar-refractivity contribution in [3.8, 4) is 11.5 Å². The van der Waals surface area contributed by atoms with Crippen LogP contribution in [0, 0.1) is 0 Å². The van der Waals surface area contributed by atoms with E-state index in [0.717, 1.165) is 4.88 Å². The number of hydrogen-bond donors (Lipinski definition) is 1. The van der Waals surface area contributed by atoms with Crippen molar-refractivity contribution in [3.63, 3.8) is 0 Å². The van der Waals surface area contributed by atoms with E-state index in [1.165, 1.54) is 17.6 Å². The average molecular weight is 411 g/mol. The Hall–Kier alpha value is -2.16. The molecule has 1 aromatic carbocycles. The highest BCUT2D eigenvalue weighted by Gasteiger charge is 2.20. The number of thiophene rings is 1. The second-order valence-corrected chi connectivity index (χ2v) is 9.07. The molecule has 3 rings (SSSR count). The summed E-state index contributed by atoms with van der Waals surface area (Å²) in [5.74, 6) is -1.20. The zero-order valence-electron chi connectivity index (χ0n) is 13.5. The summed E-state index contributed by atoms with van der Waals surface area (Å²) in [6, 6.07) is 10.6. The van der Waals surface area contributed by atoms with E-state index in [0.29, 0.717) is 23.0 Å². The molecule has 9 heteroatoms. The molecule has 6 nitrogen and oxygen atoms in total. The van der Waals surface area contributed by atoms with Gasteiger partial charge in [-0.3, -0.25) is 4.79 Å². The van der Waals surface area contributed by atoms with Crippen molar-refractivity contribution >= 4 is 38.7 Å². The molecule has 0 atom stereocenters. The van der Waals surface area contributed by atoms with Gasteiger partial charge >= 0.3 is 0 Å². The summed E-state index contributed by atoms with van der Waals surface area (Å²) in [6.45, 7) is 0.316. The lowest BCUT2D eigenvalue weighted by Crippen LogP contribution is -2.30. The van der Waals surface area contributed by atoms with Gasteiger partial charge in [0.2, 0.25) is 11.8 Å². The maximum absolute atomic E-state index is 12.2. The minimum atomic E-state index is -3.65. The summed E-state index contributed by atoms with van der Waals surface area (Å²) in [5, 5.41) is 5.07. The van der Waals surface area contributed by atoms with Crippen molar-refractivity contribution in [2.75, 3.05) is 5.75 Å². The Kier molecular flexibility index (Phi) is 5.75. The molecule has 0 spiro atoms. The van der Waals surface area contributed by atoms with Gasteiger partial charge in [-0.2, -0.15) is 0 Å². The summed E-state index contributed by atoms with van der Waals surface area (Å²) in [6.07, 6.45) is 1.28. The SMILES string of the molecule is O=C(CS(=O)(=O)Cc1coc(-c2ccc(Cl)cc2)n1)NCc1cccs1. The molecule has 0 aliphatic rings. The summed E-state index contributed by atoms with van der Waals surface area (Å²) < 4.78 is 29.7. The first-order chi connectivity index (χ1) is 12.4. The largest absolute Gasteiger partial charge is 0.444 e. The molecule has 0 bridgehead atoms. The molecular formula is C17H15ClN2O4S2. The number of nitrogens with one attached hydrogen (secondary N) is 1. The fourth-order valence-electron chi connectivity index (χ4n) is 2.22. The van der Waals surface area contributed by atoms with Gasteiger partial charge in [0, 0.05) is 15.5 Å². The smallest absolute Gasteiger partial charge is 0.235 e. The Labute approximate surface area is 159 Å². The molecule has 2 aromatic heterocycles. The highest BCUT2D eigenvalue weighted by Crippen LogP contribution is 2.21. The number of aromatic nitrogens is 1. The number of rotatable bonds is 7. The van der Waals surface area contributed by atoms with Crippen molar-refractivity contribution in [1.82, 2.24) is 10.3 Å². The van der Waals surface area contributed by atoms with E-state index < -0.39 is 21.5 Å². The molecule has 1 N–H and O–H groups in total. The molecule has 1 amide bonds. The quantitative estimate of drug-likeness (QED) is 0.645. The first kappa shape index (κ1) is 18.6. The highest BCUT2D eigenvalue weighted by molar-refractivity contribution is 7.91. The highest BCUT2D eigenvalue weighted by atomic mass is 35.5. The number of nitrogens with zero attached hydrogens (tertiary/aromatic N) is 1. The topological polar surface area (TPSA) is 89.3 Å². The lowest BCUT2D eigenvalue weighted by atomic mass is 10.2. The first-order valence-electron chi connectivity index (χ1n) is 7.61. The maximum atomic E-state index is 12.2. The van der Waals surface area contributed by atoms with Gasteiger partial charge in [0.05, 0.1) is 18.0 Å². The fourth-order valence-corrected chi connectivity index (χ4v) is 4.18. The number of amides is 1. The molecule has 3 aromatic rings. The van der Waals surface area contributed by atoms with Crippen LogP contribution in [0.15, 0.2) is 52.5 Å². The van der Waals surface area contributed by atoms with E-state index in [1.54, 1.807) is 24.3 Å². The van der Waals surface area contributed by atoms with Crippen LogP contribution in [0.4, 0.5) is 0 Å². The first-order valence-corrected chi connectivity index (χ1v) is 10.7.